The molecule has 2 aliphatic rings. The highest BCUT2D eigenvalue weighted by Gasteiger charge is 2.63. The largest absolute Gasteiger partial charge is 0.483 e. The molecule has 3 atom stereocenters. The molecule has 4 heteroatoms. The van der Waals surface area contributed by atoms with E-state index in [0.717, 1.165) is 6.42 Å². The maximum Gasteiger partial charge on any atom is 0.204 e. The van der Waals surface area contributed by atoms with Crippen molar-refractivity contribution in [1.29, 1.82) is 0 Å². The topological polar surface area (TPSA) is 66.8 Å². The maximum absolute atomic E-state index is 12.5. The van der Waals surface area contributed by atoms with Gasteiger partial charge in [0.2, 0.25) is 5.78 Å². The Morgan fingerprint density at radius 3 is 2.89 bits per heavy atom. The van der Waals surface area contributed by atoms with E-state index < -0.39 is 23.1 Å². The van der Waals surface area contributed by atoms with Crippen molar-refractivity contribution in [3.63, 3.8) is 0 Å². The standard InChI is InChI=1S/C14H16O4/c1-13-8-4-7-11(15)14(13,17)12(16)9-5-2-3-6-10(9)18-13/h2-3,5-6,11,15,17H,4,7-8H2,1H3/t11-,13-,14-/m0/s1. The fraction of sp³-hybridized carbons (Fsp3) is 0.500. The number of para-hydroxylation sites is 1. The molecule has 1 aromatic carbocycles. The number of hydrogen-bond donors (Lipinski definition) is 2. The monoisotopic (exact) mass is 248 g/mol. The Labute approximate surface area is 105 Å². The van der Waals surface area contributed by atoms with Crippen molar-refractivity contribution in [2.75, 3.05) is 0 Å². The Balaban J connectivity index is 2.19. The fourth-order valence-electron chi connectivity index (χ4n) is 3.10. The number of rotatable bonds is 0. The lowest BCUT2D eigenvalue weighted by Gasteiger charge is -2.52. The van der Waals surface area contributed by atoms with Crippen molar-refractivity contribution in [1.82, 2.24) is 0 Å². The van der Waals surface area contributed by atoms with Gasteiger partial charge in [-0.25, -0.2) is 0 Å². The van der Waals surface area contributed by atoms with Crippen LogP contribution in [0.25, 0.3) is 0 Å². The first-order valence-electron chi connectivity index (χ1n) is 6.22. The van der Waals surface area contributed by atoms with Crippen LogP contribution in [0.4, 0.5) is 0 Å². The van der Waals surface area contributed by atoms with Crippen LogP contribution in [0, 0.1) is 0 Å². The van der Waals surface area contributed by atoms with E-state index in [4.69, 9.17) is 4.74 Å². The van der Waals surface area contributed by atoms with Crippen molar-refractivity contribution in [3.05, 3.63) is 29.8 Å². The third kappa shape index (κ3) is 1.25. The van der Waals surface area contributed by atoms with Gasteiger partial charge >= 0.3 is 0 Å². The summed E-state index contributed by atoms with van der Waals surface area (Å²) >= 11 is 0. The van der Waals surface area contributed by atoms with Crippen LogP contribution < -0.4 is 4.74 Å². The number of aliphatic hydroxyl groups is 2. The van der Waals surface area contributed by atoms with Crippen LogP contribution in [0.5, 0.6) is 5.75 Å². The SMILES string of the molecule is C[C@]12CCC[C@H](O)[C@]1(O)C(=O)c1ccccc1O2. The number of hydrogen-bond acceptors (Lipinski definition) is 4. The van der Waals surface area contributed by atoms with Crippen LogP contribution in [-0.2, 0) is 0 Å². The molecule has 0 aromatic heterocycles. The summed E-state index contributed by atoms with van der Waals surface area (Å²) in [4.78, 5) is 12.5. The van der Waals surface area contributed by atoms with E-state index in [1.807, 2.05) is 0 Å². The van der Waals surface area contributed by atoms with Crippen LogP contribution in [0.1, 0.15) is 36.5 Å². The average molecular weight is 248 g/mol. The molecule has 3 rings (SSSR count). The van der Waals surface area contributed by atoms with E-state index in [2.05, 4.69) is 0 Å². The van der Waals surface area contributed by atoms with Gasteiger partial charge in [0.25, 0.3) is 0 Å². The van der Waals surface area contributed by atoms with Gasteiger partial charge in [-0.05, 0) is 38.3 Å². The molecule has 0 unspecified atom stereocenters. The molecule has 1 aromatic rings. The lowest BCUT2D eigenvalue weighted by molar-refractivity contribution is -0.181. The summed E-state index contributed by atoms with van der Waals surface area (Å²) in [6.07, 6.45) is 0.636. The van der Waals surface area contributed by atoms with Gasteiger partial charge in [0, 0.05) is 0 Å². The van der Waals surface area contributed by atoms with Crippen molar-refractivity contribution >= 4 is 5.78 Å². The second kappa shape index (κ2) is 3.56. The number of carbonyl (C=O) groups excluding carboxylic acids is 1. The molecule has 96 valence electrons. The van der Waals surface area contributed by atoms with Crippen molar-refractivity contribution in [2.45, 2.75) is 43.5 Å². The van der Waals surface area contributed by atoms with Gasteiger partial charge < -0.3 is 14.9 Å². The van der Waals surface area contributed by atoms with Gasteiger partial charge in [0.1, 0.15) is 11.4 Å². The van der Waals surface area contributed by atoms with Crippen LogP contribution >= 0.6 is 0 Å². The molecule has 0 spiro atoms. The van der Waals surface area contributed by atoms with Crippen molar-refractivity contribution in [2.24, 2.45) is 0 Å². The smallest absolute Gasteiger partial charge is 0.204 e. The second-order valence-corrected chi connectivity index (χ2v) is 5.33. The molecule has 1 heterocycles. The third-order valence-electron chi connectivity index (χ3n) is 4.23. The second-order valence-electron chi connectivity index (χ2n) is 5.33. The molecular formula is C14H16O4. The molecule has 1 aliphatic heterocycles. The van der Waals surface area contributed by atoms with Crippen molar-refractivity contribution in [3.8, 4) is 5.75 Å². The maximum atomic E-state index is 12.5. The Morgan fingerprint density at radius 2 is 2.11 bits per heavy atom. The number of Topliss-reactive ketones (excluding diaryl/α,β-unsaturated/α-hetero) is 1. The Bertz CT molecular complexity index is 512. The molecule has 2 N–H and O–H groups in total. The minimum absolute atomic E-state index is 0.346. The van der Waals surface area contributed by atoms with Crippen LogP contribution in [0.2, 0.25) is 0 Å². The van der Waals surface area contributed by atoms with E-state index in [-0.39, 0.29) is 0 Å². The zero-order valence-corrected chi connectivity index (χ0v) is 10.2. The molecule has 1 fully saturated rings. The number of aliphatic hydroxyl groups excluding tert-OH is 1. The predicted octanol–water partition coefficient (Wildman–Crippen LogP) is 1.30. The number of benzene rings is 1. The minimum atomic E-state index is -1.83. The third-order valence-corrected chi connectivity index (χ3v) is 4.23. The summed E-state index contributed by atoms with van der Waals surface area (Å²) in [7, 11) is 0. The van der Waals surface area contributed by atoms with Crippen molar-refractivity contribution < 1.29 is 19.7 Å². The molecule has 1 aliphatic carbocycles. The molecule has 0 bridgehead atoms. The molecular weight excluding hydrogens is 232 g/mol. The quantitative estimate of drug-likeness (QED) is 0.726. The molecule has 0 saturated heterocycles. The first-order chi connectivity index (χ1) is 8.49. The average Bonchev–Trinajstić information content (AvgIpc) is 2.34. The number of ketones is 1. The normalized spacial score (nSPS) is 38.6. The Kier molecular flexibility index (Phi) is 2.31. The van der Waals surface area contributed by atoms with E-state index >= 15 is 0 Å². The van der Waals surface area contributed by atoms with Gasteiger partial charge in [-0.3, -0.25) is 4.79 Å². The van der Waals surface area contributed by atoms with Crippen LogP contribution in [0.3, 0.4) is 0 Å². The fourth-order valence-corrected chi connectivity index (χ4v) is 3.10. The number of carbonyl (C=O) groups is 1. The van der Waals surface area contributed by atoms with E-state index in [1.165, 1.54) is 0 Å². The summed E-state index contributed by atoms with van der Waals surface area (Å²) in [5, 5.41) is 20.8. The Morgan fingerprint density at radius 1 is 1.39 bits per heavy atom. The lowest BCUT2D eigenvalue weighted by Crippen LogP contribution is -2.70. The number of fused-ring (bicyclic) bond motifs is 2. The van der Waals surface area contributed by atoms with Crippen LogP contribution in [0.15, 0.2) is 24.3 Å². The minimum Gasteiger partial charge on any atom is -0.483 e. The molecule has 0 amide bonds. The summed E-state index contributed by atoms with van der Waals surface area (Å²) in [5.74, 6) is 0.0582. The van der Waals surface area contributed by atoms with E-state index in [9.17, 15) is 15.0 Å². The van der Waals surface area contributed by atoms with Gasteiger partial charge in [0.15, 0.2) is 5.60 Å². The molecule has 1 saturated carbocycles. The van der Waals surface area contributed by atoms with Gasteiger partial charge in [-0.1, -0.05) is 12.1 Å². The summed E-state index contributed by atoms with van der Waals surface area (Å²) in [6, 6.07) is 6.86. The summed E-state index contributed by atoms with van der Waals surface area (Å²) in [6.45, 7) is 1.70. The predicted molar refractivity (Wildman–Crippen MR) is 64.6 cm³/mol. The highest BCUT2D eigenvalue weighted by atomic mass is 16.5. The van der Waals surface area contributed by atoms with Gasteiger partial charge in [0.05, 0.1) is 11.7 Å². The first-order valence-corrected chi connectivity index (χ1v) is 6.22. The van der Waals surface area contributed by atoms with E-state index in [0.29, 0.717) is 24.2 Å². The molecule has 0 radical (unpaired) electrons. The first kappa shape index (κ1) is 11.7. The Hall–Kier alpha value is -1.39. The summed E-state index contributed by atoms with van der Waals surface area (Å²) < 4.78 is 5.84. The van der Waals surface area contributed by atoms with Gasteiger partial charge in [-0.2, -0.15) is 0 Å². The van der Waals surface area contributed by atoms with Gasteiger partial charge in [-0.15, -0.1) is 0 Å². The zero-order valence-electron chi connectivity index (χ0n) is 10.2. The lowest BCUT2D eigenvalue weighted by atomic mass is 9.66. The number of ether oxygens (including phenoxy) is 1. The molecule has 4 nitrogen and oxygen atoms in total. The summed E-state index contributed by atoms with van der Waals surface area (Å²) in [5.41, 5.74) is -2.53. The zero-order chi connectivity index (χ0) is 13.0. The molecule has 18 heavy (non-hydrogen) atoms. The van der Waals surface area contributed by atoms with E-state index in [1.54, 1.807) is 31.2 Å². The van der Waals surface area contributed by atoms with Crippen LogP contribution in [-0.4, -0.2) is 33.3 Å². The highest BCUT2D eigenvalue weighted by molar-refractivity contribution is 6.07. The highest BCUT2D eigenvalue weighted by Crippen LogP contribution is 2.47.